The third-order valence-corrected chi connectivity index (χ3v) is 6.37. The number of Topliss-reactive ketones (excluding diaryl/α,β-unsaturated/α-hetero) is 1. The van der Waals surface area contributed by atoms with Gasteiger partial charge in [0.25, 0.3) is 0 Å². The van der Waals surface area contributed by atoms with Crippen LogP contribution >= 0.6 is 0 Å². The van der Waals surface area contributed by atoms with Crippen LogP contribution in [0.5, 0.6) is 0 Å². The molecule has 0 atom stereocenters. The zero-order valence-corrected chi connectivity index (χ0v) is 14.4. The minimum atomic E-state index is -3.78. The van der Waals surface area contributed by atoms with E-state index in [-0.39, 0.29) is 49.3 Å². The smallest absolute Gasteiger partial charge is 0.338 e. The van der Waals surface area contributed by atoms with Gasteiger partial charge in [0.15, 0.2) is 0 Å². The monoisotopic (exact) mass is 357 g/mol. The molecule has 0 bridgehead atoms. The van der Waals surface area contributed by atoms with Crippen LogP contribution in [0.4, 0.5) is 10.1 Å². The highest BCUT2D eigenvalue weighted by Gasteiger charge is 2.34. The summed E-state index contributed by atoms with van der Waals surface area (Å²) in [6.07, 6.45) is 0.937. The molecular formula is C16H20FNO5S. The molecule has 0 aromatic heterocycles. The SMILES string of the molecule is CCOC(=O)c1ccc(N(C)S(=O)(=O)C2CCC(=O)CC2)c(F)c1. The summed E-state index contributed by atoms with van der Waals surface area (Å²) in [5.41, 5.74) is -0.118. The Hall–Kier alpha value is -1.96. The Morgan fingerprint density at radius 1 is 1.33 bits per heavy atom. The second-order valence-electron chi connectivity index (χ2n) is 5.64. The molecule has 0 saturated heterocycles. The topological polar surface area (TPSA) is 80.8 Å². The lowest BCUT2D eigenvalue weighted by atomic mass is 9.99. The Labute approximate surface area is 140 Å². The first-order chi connectivity index (χ1) is 11.3. The van der Waals surface area contributed by atoms with E-state index in [1.165, 1.54) is 19.2 Å². The van der Waals surface area contributed by atoms with Crippen LogP contribution < -0.4 is 4.31 Å². The Morgan fingerprint density at radius 3 is 2.50 bits per heavy atom. The first kappa shape index (κ1) is 18.4. The van der Waals surface area contributed by atoms with Crippen molar-refractivity contribution >= 4 is 27.5 Å². The lowest BCUT2D eigenvalue weighted by molar-refractivity contribution is -0.120. The molecule has 8 heteroatoms. The quantitative estimate of drug-likeness (QED) is 0.755. The molecule has 0 unspecified atom stereocenters. The molecule has 0 aliphatic heterocycles. The van der Waals surface area contributed by atoms with E-state index in [1.54, 1.807) is 6.92 Å². The Balaban J connectivity index is 2.24. The zero-order chi connectivity index (χ0) is 17.9. The minimum Gasteiger partial charge on any atom is -0.462 e. The van der Waals surface area contributed by atoms with Crippen LogP contribution in [0.25, 0.3) is 0 Å². The van der Waals surface area contributed by atoms with E-state index in [0.717, 1.165) is 10.4 Å². The van der Waals surface area contributed by atoms with E-state index in [9.17, 15) is 22.4 Å². The molecule has 1 aliphatic rings. The Morgan fingerprint density at radius 2 is 1.96 bits per heavy atom. The summed E-state index contributed by atoms with van der Waals surface area (Å²) in [5.74, 6) is -1.44. The molecule has 24 heavy (non-hydrogen) atoms. The Bertz CT molecular complexity index is 737. The van der Waals surface area contributed by atoms with Gasteiger partial charge in [0, 0.05) is 19.9 Å². The molecule has 0 radical (unpaired) electrons. The number of hydrogen-bond donors (Lipinski definition) is 0. The van der Waals surface area contributed by atoms with E-state index in [0.29, 0.717) is 0 Å². The molecule has 6 nitrogen and oxygen atoms in total. The lowest BCUT2D eigenvalue weighted by Crippen LogP contribution is -2.38. The van der Waals surface area contributed by atoms with Crippen LogP contribution in [-0.2, 0) is 19.6 Å². The van der Waals surface area contributed by atoms with Gasteiger partial charge in [-0.1, -0.05) is 0 Å². The summed E-state index contributed by atoms with van der Waals surface area (Å²) in [6, 6.07) is 3.53. The van der Waals surface area contributed by atoms with Crippen molar-refractivity contribution in [2.45, 2.75) is 37.9 Å². The van der Waals surface area contributed by atoms with E-state index >= 15 is 0 Å². The summed E-state index contributed by atoms with van der Waals surface area (Å²) < 4.78 is 45.2. The van der Waals surface area contributed by atoms with Crippen molar-refractivity contribution in [2.75, 3.05) is 18.0 Å². The number of benzene rings is 1. The third kappa shape index (κ3) is 3.75. The fourth-order valence-corrected chi connectivity index (χ4v) is 4.38. The fraction of sp³-hybridized carbons (Fsp3) is 0.500. The number of sulfonamides is 1. The number of carbonyl (C=O) groups excluding carboxylic acids is 2. The van der Waals surface area contributed by atoms with Gasteiger partial charge in [0.2, 0.25) is 10.0 Å². The highest BCUT2D eigenvalue weighted by molar-refractivity contribution is 7.93. The number of hydrogen-bond acceptors (Lipinski definition) is 5. The molecule has 1 saturated carbocycles. The standard InChI is InChI=1S/C16H20FNO5S/c1-3-23-16(20)11-4-9-15(14(17)10-11)18(2)24(21,22)13-7-5-12(19)6-8-13/h4,9-10,13H,3,5-8H2,1-2H3. The maximum Gasteiger partial charge on any atom is 0.338 e. The van der Waals surface area contributed by atoms with Gasteiger partial charge in [-0.3, -0.25) is 9.10 Å². The number of esters is 1. The largest absolute Gasteiger partial charge is 0.462 e. The number of rotatable bonds is 5. The van der Waals surface area contributed by atoms with Crippen LogP contribution in [0.2, 0.25) is 0 Å². The molecule has 0 N–H and O–H groups in total. The second kappa shape index (κ2) is 7.29. The first-order valence-corrected chi connectivity index (χ1v) is 9.23. The highest BCUT2D eigenvalue weighted by Crippen LogP contribution is 2.29. The van der Waals surface area contributed by atoms with Crippen LogP contribution in [0.15, 0.2) is 18.2 Å². The zero-order valence-electron chi connectivity index (χ0n) is 13.6. The number of anilines is 1. The van der Waals surface area contributed by atoms with Crippen molar-refractivity contribution in [3.8, 4) is 0 Å². The number of ketones is 1. The predicted octanol–water partition coefficient (Wildman–Crippen LogP) is 2.28. The number of ether oxygens (including phenoxy) is 1. The fourth-order valence-electron chi connectivity index (χ4n) is 2.68. The van der Waals surface area contributed by atoms with Gasteiger partial charge in [0.1, 0.15) is 11.6 Å². The molecule has 1 aliphatic carbocycles. The van der Waals surface area contributed by atoms with Crippen molar-refractivity contribution in [2.24, 2.45) is 0 Å². The molecule has 1 aromatic rings. The molecule has 0 amide bonds. The van der Waals surface area contributed by atoms with E-state index in [2.05, 4.69) is 0 Å². The molecule has 2 rings (SSSR count). The lowest BCUT2D eigenvalue weighted by Gasteiger charge is -2.28. The average Bonchev–Trinajstić information content (AvgIpc) is 2.54. The van der Waals surface area contributed by atoms with Crippen LogP contribution in [0, 0.1) is 5.82 Å². The molecule has 1 fully saturated rings. The summed E-state index contributed by atoms with van der Waals surface area (Å²) in [6.45, 7) is 1.80. The van der Waals surface area contributed by atoms with Gasteiger partial charge in [-0.05, 0) is 38.0 Å². The molecule has 1 aromatic carbocycles. The second-order valence-corrected chi connectivity index (χ2v) is 7.88. The number of halogens is 1. The van der Waals surface area contributed by atoms with Crippen LogP contribution in [0.1, 0.15) is 43.0 Å². The number of carbonyl (C=O) groups is 2. The van der Waals surface area contributed by atoms with Crippen molar-refractivity contribution in [3.63, 3.8) is 0 Å². The van der Waals surface area contributed by atoms with Crippen molar-refractivity contribution in [1.29, 1.82) is 0 Å². The molecule has 0 heterocycles. The van der Waals surface area contributed by atoms with Gasteiger partial charge in [-0.2, -0.15) is 0 Å². The normalized spacial score (nSPS) is 16.0. The molecule has 132 valence electrons. The van der Waals surface area contributed by atoms with Gasteiger partial charge >= 0.3 is 5.97 Å². The highest BCUT2D eigenvalue weighted by atomic mass is 32.2. The third-order valence-electron chi connectivity index (χ3n) is 4.09. The van der Waals surface area contributed by atoms with Gasteiger partial charge in [-0.15, -0.1) is 0 Å². The summed E-state index contributed by atoms with van der Waals surface area (Å²) in [5, 5.41) is -0.704. The maximum atomic E-state index is 14.3. The van der Waals surface area contributed by atoms with Crippen molar-refractivity contribution in [3.05, 3.63) is 29.6 Å². The van der Waals surface area contributed by atoms with E-state index in [4.69, 9.17) is 4.74 Å². The maximum absolute atomic E-state index is 14.3. The molecular weight excluding hydrogens is 337 g/mol. The summed E-state index contributed by atoms with van der Waals surface area (Å²) >= 11 is 0. The van der Waals surface area contributed by atoms with Crippen molar-refractivity contribution < 1.29 is 27.1 Å². The van der Waals surface area contributed by atoms with Gasteiger partial charge in [-0.25, -0.2) is 17.6 Å². The van der Waals surface area contributed by atoms with Crippen LogP contribution in [0.3, 0.4) is 0 Å². The summed E-state index contributed by atoms with van der Waals surface area (Å²) in [4.78, 5) is 22.9. The van der Waals surface area contributed by atoms with Gasteiger partial charge in [0.05, 0.1) is 23.1 Å². The Kier molecular flexibility index (Phi) is 5.58. The van der Waals surface area contributed by atoms with Crippen molar-refractivity contribution in [1.82, 2.24) is 0 Å². The number of nitrogens with zero attached hydrogens (tertiary/aromatic N) is 1. The van der Waals surface area contributed by atoms with Crippen LogP contribution in [-0.4, -0.2) is 39.1 Å². The summed E-state index contributed by atoms with van der Waals surface area (Å²) in [7, 11) is -2.51. The van der Waals surface area contributed by atoms with E-state index < -0.39 is 27.1 Å². The minimum absolute atomic E-state index is 0.0205. The average molecular weight is 357 g/mol. The molecule has 0 spiro atoms. The predicted molar refractivity (Wildman–Crippen MR) is 86.9 cm³/mol. The first-order valence-electron chi connectivity index (χ1n) is 7.73. The van der Waals surface area contributed by atoms with Gasteiger partial charge < -0.3 is 4.74 Å². The van der Waals surface area contributed by atoms with E-state index in [1.807, 2.05) is 0 Å².